The number of carbonyl (C=O) groups is 1. The number of benzene rings is 3. The predicted octanol–water partition coefficient (Wildman–Crippen LogP) is 7.16. The molecule has 0 radical (unpaired) electrons. The van der Waals surface area contributed by atoms with Gasteiger partial charge in [-0.2, -0.15) is 0 Å². The zero-order chi connectivity index (χ0) is 22.0. The first kappa shape index (κ1) is 21.6. The van der Waals surface area contributed by atoms with Crippen molar-refractivity contribution in [3.05, 3.63) is 98.0 Å². The fraction of sp³-hybridized carbons (Fsp3) is 0.0476. The van der Waals surface area contributed by atoms with Gasteiger partial charge in [-0.1, -0.05) is 53.5 Å². The number of ether oxygens (including phenoxy) is 1. The third-order valence-corrected chi connectivity index (χ3v) is 7.12. The van der Waals surface area contributed by atoms with Crippen molar-refractivity contribution in [2.45, 2.75) is 9.78 Å². The van der Waals surface area contributed by atoms with Gasteiger partial charge in [0.1, 0.15) is 0 Å². The summed E-state index contributed by atoms with van der Waals surface area (Å²) < 4.78 is 7.00. The maximum atomic E-state index is 12.8. The summed E-state index contributed by atoms with van der Waals surface area (Å²) in [5, 5.41) is 11.8. The van der Waals surface area contributed by atoms with E-state index in [0.717, 1.165) is 0 Å². The molecule has 0 spiro atoms. The minimum atomic E-state index is -0.798. The highest BCUT2D eigenvalue weighted by Crippen LogP contribution is 2.43. The molecule has 1 heterocycles. The number of nitro groups is 1. The van der Waals surface area contributed by atoms with Crippen molar-refractivity contribution in [2.24, 2.45) is 0 Å². The van der Waals surface area contributed by atoms with E-state index in [1.54, 1.807) is 54.6 Å². The number of rotatable bonds is 6. The molecule has 0 N–H and O–H groups in total. The molecule has 31 heavy (non-hydrogen) atoms. The zero-order valence-electron chi connectivity index (χ0n) is 15.5. The average Bonchev–Trinajstić information content (AvgIpc) is 3.15. The molecule has 1 unspecified atom stereocenters. The van der Waals surface area contributed by atoms with Gasteiger partial charge in [0.05, 0.1) is 25.7 Å². The van der Waals surface area contributed by atoms with Crippen molar-refractivity contribution in [2.75, 3.05) is 0 Å². The van der Waals surface area contributed by atoms with E-state index in [-0.39, 0.29) is 16.3 Å². The molecular weight excluding hydrogens is 479 g/mol. The molecule has 156 valence electrons. The van der Waals surface area contributed by atoms with Crippen molar-refractivity contribution < 1.29 is 14.5 Å². The number of hydrogen-bond acceptors (Lipinski definition) is 7. The van der Waals surface area contributed by atoms with E-state index in [1.807, 2.05) is 0 Å². The van der Waals surface area contributed by atoms with Crippen molar-refractivity contribution in [3.63, 3.8) is 0 Å². The molecule has 0 aliphatic carbocycles. The smallest absolute Gasteiger partial charge is 0.341 e. The van der Waals surface area contributed by atoms with Crippen LogP contribution in [-0.4, -0.2) is 15.9 Å². The number of carbonyl (C=O) groups excluding carboxylic acids is 1. The van der Waals surface area contributed by atoms with Crippen LogP contribution in [0.4, 0.5) is 5.69 Å². The third kappa shape index (κ3) is 4.83. The molecule has 0 amide bonds. The van der Waals surface area contributed by atoms with Crippen LogP contribution in [-0.2, 0) is 4.74 Å². The van der Waals surface area contributed by atoms with Crippen LogP contribution < -0.4 is 0 Å². The number of hydrogen-bond donors (Lipinski definition) is 0. The molecule has 1 atom stereocenters. The first-order valence-electron chi connectivity index (χ1n) is 8.84. The molecule has 0 aliphatic rings. The highest BCUT2D eigenvalue weighted by Gasteiger charge is 2.24. The minimum Gasteiger partial charge on any atom is -0.442 e. The van der Waals surface area contributed by atoms with Gasteiger partial charge < -0.3 is 4.74 Å². The molecule has 1 aromatic heterocycles. The Hall–Kier alpha value is -2.65. The third-order valence-electron chi connectivity index (χ3n) is 4.24. The van der Waals surface area contributed by atoms with Crippen LogP contribution in [0.1, 0.15) is 21.4 Å². The van der Waals surface area contributed by atoms with Crippen LogP contribution in [0, 0.1) is 10.1 Å². The highest BCUT2D eigenvalue weighted by molar-refractivity contribution is 8.01. The largest absolute Gasteiger partial charge is 0.442 e. The number of aromatic nitrogens is 1. The van der Waals surface area contributed by atoms with Gasteiger partial charge in [0, 0.05) is 22.7 Å². The number of thiazole rings is 1. The lowest BCUT2D eigenvalue weighted by Crippen LogP contribution is -2.10. The van der Waals surface area contributed by atoms with Gasteiger partial charge in [0.15, 0.2) is 9.78 Å². The van der Waals surface area contributed by atoms with E-state index >= 15 is 0 Å². The molecule has 4 aromatic rings. The maximum absolute atomic E-state index is 12.8. The lowest BCUT2D eigenvalue weighted by molar-refractivity contribution is -0.384. The second-order valence-corrected chi connectivity index (χ2v) is 9.40. The Morgan fingerprint density at radius 3 is 2.48 bits per heavy atom. The number of thioether (sulfide) groups is 1. The lowest BCUT2D eigenvalue weighted by atomic mass is 10.2. The van der Waals surface area contributed by atoms with Crippen LogP contribution in [0.2, 0.25) is 10.0 Å². The molecule has 6 nitrogen and oxygen atoms in total. The minimum absolute atomic E-state index is 0.0134. The van der Waals surface area contributed by atoms with E-state index < -0.39 is 16.3 Å². The monoisotopic (exact) mass is 490 g/mol. The number of nitro benzene ring substituents is 1. The SMILES string of the molecule is O=C(OC(Sc1nc2ccc([N+](=O)[O-])cc2s1)c1ccccc1Cl)c1ccccc1Cl. The quantitative estimate of drug-likeness (QED) is 0.0936. The lowest BCUT2D eigenvalue weighted by Gasteiger charge is -2.18. The Balaban J connectivity index is 1.67. The van der Waals surface area contributed by atoms with Crippen molar-refractivity contribution >= 4 is 68.2 Å². The summed E-state index contributed by atoms with van der Waals surface area (Å²) in [4.78, 5) is 27.9. The first-order chi connectivity index (χ1) is 14.9. The van der Waals surface area contributed by atoms with Crippen LogP contribution in [0.5, 0.6) is 0 Å². The summed E-state index contributed by atoms with van der Waals surface area (Å²) in [5.74, 6) is -0.597. The molecule has 0 aliphatic heterocycles. The van der Waals surface area contributed by atoms with Gasteiger partial charge in [0.2, 0.25) is 0 Å². The molecule has 0 saturated carbocycles. The van der Waals surface area contributed by atoms with E-state index in [9.17, 15) is 14.9 Å². The highest BCUT2D eigenvalue weighted by atomic mass is 35.5. The second-order valence-electron chi connectivity index (χ2n) is 6.25. The summed E-state index contributed by atoms with van der Waals surface area (Å²) in [6, 6.07) is 18.1. The number of nitrogens with zero attached hydrogens (tertiary/aromatic N) is 2. The summed E-state index contributed by atoms with van der Waals surface area (Å²) in [5.41, 5.74) is 0.642. The number of esters is 1. The van der Waals surface area contributed by atoms with Gasteiger partial charge in [-0.15, -0.1) is 11.3 Å². The Labute approximate surface area is 194 Å². The molecule has 4 rings (SSSR count). The van der Waals surface area contributed by atoms with Gasteiger partial charge in [-0.3, -0.25) is 10.1 Å². The normalized spacial score (nSPS) is 11.9. The summed E-state index contributed by atoms with van der Waals surface area (Å²) in [7, 11) is 0. The Morgan fingerprint density at radius 1 is 1.06 bits per heavy atom. The van der Waals surface area contributed by atoms with Crippen LogP contribution in [0.15, 0.2) is 71.1 Å². The second kappa shape index (κ2) is 9.23. The van der Waals surface area contributed by atoms with Gasteiger partial charge in [0.25, 0.3) is 5.69 Å². The molecular formula is C21H12Cl2N2O4S2. The van der Waals surface area contributed by atoms with Crippen LogP contribution in [0.3, 0.4) is 0 Å². The number of halogens is 2. The predicted molar refractivity (Wildman–Crippen MR) is 123 cm³/mol. The average molecular weight is 491 g/mol. The van der Waals surface area contributed by atoms with Crippen molar-refractivity contribution in [3.8, 4) is 0 Å². The topological polar surface area (TPSA) is 82.3 Å². The van der Waals surface area contributed by atoms with Gasteiger partial charge >= 0.3 is 5.97 Å². The van der Waals surface area contributed by atoms with Crippen LogP contribution >= 0.6 is 46.3 Å². The first-order valence-corrected chi connectivity index (χ1v) is 11.3. The summed E-state index contributed by atoms with van der Waals surface area (Å²) in [6.07, 6.45) is 0. The summed E-state index contributed by atoms with van der Waals surface area (Å²) in [6.45, 7) is 0. The van der Waals surface area contributed by atoms with Crippen molar-refractivity contribution in [1.29, 1.82) is 0 Å². The summed E-state index contributed by atoms with van der Waals surface area (Å²) >= 11 is 15.0. The molecule has 3 aromatic carbocycles. The Morgan fingerprint density at radius 2 is 1.77 bits per heavy atom. The molecule has 0 saturated heterocycles. The Kier molecular flexibility index (Phi) is 6.43. The Bertz CT molecular complexity index is 1300. The van der Waals surface area contributed by atoms with E-state index in [1.165, 1.54) is 35.2 Å². The van der Waals surface area contributed by atoms with Gasteiger partial charge in [-0.25, -0.2) is 9.78 Å². The van der Waals surface area contributed by atoms with Crippen molar-refractivity contribution in [1.82, 2.24) is 4.98 Å². The fourth-order valence-corrected chi connectivity index (χ4v) is 5.52. The number of fused-ring (bicyclic) bond motifs is 1. The fourth-order valence-electron chi connectivity index (χ4n) is 2.75. The maximum Gasteiger partial charge on any atom is 0.341 e. The molecule has 0 fully saturated rings. The van der Waals surface area contributed by atoms with Gasteiger partial charge in [-0.05, 0) is 36.0 Å². The zero-order valence-corrected chi connectivity index (χ0v) is 18.7. The number of non-ortho nitro benzene ring substituents is 1. The standard InChI is InChI=1S/C21H12Cl2N2O4S2/c22-15-7-3-1-5-13(15)19(26)29-20(14-6-2-4-8-16(14)23)31-21-24-17-10-9-12(25(27)28)11-18(17)30-21/h1-11,20H. The van der Waals surface area contributed by atoms with E-state index in [0.29, 0.717) is 25.1 Å². The van der Waals surface area contributed by atoms with E-state index in [2.05, 4.69) is 4.98 Å². The van der Waals surface area contributed by atoms with E-state index in [4.69, 9.17) is 27.9 Å². The van der Waals surface area contributed by atoms with Crippen LogP contribution in [0.25, 0.3) is 10.2 Å². The molecule has 0 bridgehead atoms. The molecule has 10 heteroatoms.